The smallest absolute Gasteiger partial charge is 0.191 e. The Kier molecular flexibility index (Phi) is 9.80. The summed E-state index contributed by atoms with van der Waals surface area (Å²) in [6, 6.07) is 12.0. The lowest BCUT2D eigenvalue weighted by Gasteiger charge is -2.29. The third kappa shape index (κ3) is 6.49. The molecule has 1 fully saturated rings. The highest BCUT2D eigenvalue weighted by atomic mass is 127. The number of nitrogens with zero attached hydrogens (tertiary/aromatic N) is 3. The molecule has 1 aliphatic heterocycles. The number of anilines is 1. The van der Waals surface area contributed by atoms with Gasteiger partial charge in [0.25, 0.3) is 0 Å². The summed E-state index contributed by atoms with van der Waals surface area (Å²) in [7, 11) is 1.77. The number of guanidine groups is 1. The van der Waals surface area contributed by atoms with Crippen LogP contribution in [0.3, 0.4) is 0 Å². The Morgan fingerprint density at radius 3 is 2.64 bits per heavy atom. The maximum Gasteiger partial charge on any atom is 0.191 e. The van der Waals surface area contributed by atoms with Gasteiger partial charge in [0.15, 0.2) is 5.96 Å². The van der Waals surface area contributed by atoms with Crippen LogP contribution in [0.2, 0.25) is 5.02 Å². The largest absolute Gasteiger partial charge is 0.378 e. The number of aliphatic imine (C=N–C) groups is 1. The molecule has 0 atom stereocenters. The standard InChI is InChI=1S/C20H26ClN5O.HI/c1-22-20(24-10-8-16-5-2-3-7-18(16)21)25-15-17-6-4-9-23-19(17)26-11-13-27-14-12-26;/h2-7,9H,8,10-15H2,1H3,(H2,22,24,25);1H. The molecule has 1 aromatic carbocycles. The molecule has 0 aliphatic carbocycles. The van der Waals surface area contributed by atoms with E-state index in [0.717, 1.165) is 67.2 Å². The summed E-state index contributed by atoms with van der Waals surface area (Å²) in [5, 5.41) is 7.51. The van der Waals surface area contributed by atoms with Crippen molar-refractivity contribution in [2.45, 2.75) is 13.0 Å². The van der Waals surface area contributed by atoms with E-state index in [4.69, 9.17) is 16.3 Å². The van der Waals surface area contributed by atoms with Gasteiger partial charge in [-0.3, -0.25) is 4.99 Å². The van der Waals surface area contributed by atoms with Crippen LogP contribution in [-0.2, 0) is 17.7 Å². The summed E-state index contributed by atoms with van der Waals surface area (Å²) >= 11 is 6.21. The van der Waals surface area contributed by atoms with E-state index >= 15 is 0 Å². The third-order valence-electron chi connectivity index (χ3n) is 4.49. The Balaban J connectivity index is 0.00000280. The van der Waals surface area contributed by atoms with Gasteiger partial charge in [-0.1, -0.05) is 35.9 Å². The summed E-state index contributed by atoms with van der Waals surface area (Å²) in [6.45, 7) is 4.64. The predicted octanol–water partition coefficient (Wildman–Crippen LogP) is 3.10. The highest BCUT2D eigenvalue weighted by Crippen LogP contribution is 2.18. The van der Waals surface area contributed by atoms with Gasteiger partial charge in [-0.25, -0.2) is 4.98 Å². The first kappa shape index (κ1) is 22.7. The Hall–Kier alpha value is -1.58. The number of nitrogens with one attached hydrogen (secondary N) is 2. The van der Waals surface area contributed by atoms with Crippen LogP contribution in [0.25, 0.3) is 0 Å². The van der Waals surface area contributed by atoms with Crippen molar-refractivity contribution in [2.75, 3.05) is 44.8 Å². The van der Waals surface area contributed by atoms with Gasteiger partial charge in [-0.15, -0.1) is 24.0 Å². The van der Waals surface area contributed by atoms with Crippen molar-refractivity contribution in [1.82, 2.24) is 15.6 Å². The highest BCUT2D eigenvalue weighted by Gasteiger charge is 2.15. The number of morpholine rings is 1. The lowest BCUT2D eigenvalue weighted by atomic mass is 10.1. The maximum atomic E-state index is 6.21. The molecule has 0 amide bonds. The summed E-state index contributed by atoms with van der Waals surface area (Å²) in [5.74, 6) is 1.78. The summed E-state index contributed by atoms with van der Waals surface area (Å²) in [4.78, 5) is 11.2. The van der Waals surface area contributed by atoms with Crippen LogP contribution in [-0.4, -0.2) is 50.8 Å². The van der Waals surface area contributed by atoms with Crippen molar-refractivity contribution < 1.29 is 4.74 Å². The molecule has 1 aromatic heterocycles. The van der Waals surface area contributed by atoms with E-state index in [1.165, 1.54) is 0 Å². The first-order valence-corrected chi connectivity index (χ1v) is 9.60. The SMILES string of the molecule is CN=C(NCCc1ccccc1Cl)NCc1cccnc1N1CCOCC1.I. The van der Waals surface area contributed by atoms with Crippen LogP contribution < -0.4 is 15.5 Å². The lowest BCUT2D eigenvalue weighted by Crippen LogP contribution is -2.40. The van der Waals surface area contributed by atoms with Crippen LogP contribution in [0.1, 0.15) is 11.1 Å². The Labute approximate surface area is 188 Å². The van der Waals surface area contributed by atoms with E-state index < -0.39 is 0 Å². The Bertz CT molecular complexity index is 768. The van der Waals surface area contributed by atoms with Crippen molar-refractivity contribution in [3.8, 4) is 0 Å². The van der Waals surface area contributed by atoms with Crippen molar-refractivity contribution in [3.63, 3.8) is 0 Å². The number of halogens is 2. The first-order valence-electron chi connectivity index (χ1n) is 9.22. The fourth-order valence-corrected chi connectivity index (χ4v) is 3.27. The Morgan fingerprint density at radius 2 is 1.89 bits per heavy atom. The fraction of sp³-hybridized carbons (Fsp3) is 0.400. The van der Waals surface area contributed by atoms with E-state index in [2.05, 4.69) is 31.6 Å². The van der Waals surface area contributed by atoms with Crippen molar-refractivity contribution in [2.24, 2.45) is 4.99 Å². The molecule has 6 nitrogen and oxygen atoms in total. The summed E-state index contributed by atoms with van der Waals surface area (Å²) in [6.07, 6.45) is 2.68. The zero-order valence-electron chi connectivity index (χ0n) is 16.0. The molecular formula is C20H27ClIN5O. The average molecular weight is 516 g/mol. The van der Waals surface area contributed by atoms with Crippen molar-refractivity contribution >= 4 is 47.4 Å². The molecule has 3 rings (SSSR count). The minimum absolute atomic E-state index is 0. The van der Waals surface area contributed by atoms with Crippen LogP contribution in [0.5, 0.6) is 0 Å². The summed E-state index contributed by atoms with van der Waals surface area (Å²) < 4.78 is 5.44. The van der Waals surface area contributed by atoms with Gasteiger partial charge in [0.2, 0.25) is 0 Å². The second-order valence-electron chi connectivity index (χ2n) is 6.28. The molecule has 0 bridgehead atoms. The molecule has 1 saturated heterocycles. The molecule has 0 saturated carbocycles. The molecule has 0 spiro atoms. The number of aromatic nitrogens is 1. The highest BCUT2D eigenvalue weighted by molar-refractivity contribution is 14.0. The second kappa shape index (κ2) is 12.1. The van der Waals surface area contributed by atoms with E-state index in [1.54, 1.807) is 7.05 Å². The number of pyridine rings is 1. The van der Waals surface area contributed by atoms with Gasteiger partial charge >= 0.3 is 0 Å². The molecule has 28 heavy (non-hydrogen) atoms. The minimum Gasteiger partial charge on any atom is -0.378 e. The molecule has 2 aromatic rings. The first-order chi connectivity index (χ1) is 13.3. The maximum absolute atomic E-state index is 6.21. The minimum atomic E-state index is 0. The molecule has 0 radical (unpaired) electrons. The fourth-order valence-electron chi connectivity index (χ4n) is 3.04. The van der Waals surface area contributed by atoms with Gasteiger partial charge in [-0.05, 0) is 24.1 Å². The molecule has 2 N–H and O–H groups in total. The topological polar surface area (TPSA) is 61.8 Å². The zero-order valence-corrected chi connectivity index (χ0v) is 19.1. The van der Waals surface area contributed by atoms with Gasteiger partial charge in [0.1, 0.15) is 5.82 Å². The van der Waals surface area contributed by atoms with Gasteiger partial charge in [0, 0.05) is 50.0 Å². The Morgan fingerprint density at radius 1 is 1.14 bits per heavy atom. The third-order valence-corrected chi connectivity index (χ3v) is 4.86. The second-order valence-corrected chi connectivity index (χ2v) is 6.69. The zero-order chi connectivity index (χ0) is 18.9. The van der Waals surface area contributed by atoms with Crippen molar-refractivity contribution in [3.05, 3.63) is 58.7 Å². The van der Waals surface area contributed by atoms with Crippen LogP contribution >= 0.6 is 35.6 Å². The van der Waals surface area contributed by atoms with Gasteiger partial charge < -0.3 is 20.3 Å². The van der Waals surface area contributed by atoms with Crippen LogP contribution in [0, 0.1) is 0 Å². The molecule has 2 heterocycles. The lowest BCUT2D eigenvalue weighted by molar-refractivity contribution is 0.122. The van der Waals surface area contributed by atoms with Gasteiger partial charge in [0.05, 0.1) is 13.2 Å². The average Bonchev–Trinajstić information content (AvgIpc) is 2.72. The van der Waals surface area contributed by atoms with E-state index in [9.17, 15) is 0 Å². The summed E-state index contributed by atoms with van der Waals surface area (Å²) in [5.41, 5.74) is 2.28. The monoisotopic (exact) mass is 515 g/mol. The van der Waals surface area contributed by atoms with Crippen LogP contribution in [0.4, 0.5) is 5.82 Å². The van der Waals surface area contributed by atoms with Gasteiger partial charge in [-0.2, -0.15) is 0 Å². The number of rotatable bonds is 6. The predicted molar refractivity (Wildman–Crippen MR) is 126 cm³/mol. The molecule has 1 aliphatic rings. The molecule has 0 unspecified atom stereocenters. The normalized spacial score (nSPS) is 14.4. The van der Waals surface area contributed by atoms with E-state index in [-0.39, 0.29) is 24.0 Å². The number of hydrogen-bond donors (Lipinski definition) is 2. The van der Waals surface area contributed by atoms with Crippen LogP contribution in [0.15, 0.2) is 47.6 Å². The number of hydrogen-bond acceptors (Lipinski definition) is 4. The number of benzene rings is 1. The van der Waals surface area contributed by atoms with Crippen molar-refractivity contribution in [1.29, 1.82) is 0 Å². The molecule has 8 heteroatoms. The molecular weight excluding hydrogens is 489 g/mol. The number of ether oxygens (including phenoxy) is 1. The van der Waals surface area contributed by atoms with E-state index in [0.29, 0.717) is 6.54 Å². The molecule has 152 valence electrons. The van der Waals surface area contributed by atoms with E-state index in [1.807, 2.05) is 36.5 Å². The quantitative estimate of drug-likeness (QED) is 0.352.